The molecule has 8 N–H and O–H groups in total. The van der Waals surface area contributed by atoms with Crippen molar-refractivity contribution in [2.45, 2.75) is 66.6 Å². The molecule has 1 aliphatic rings. The molecule has 45 heteroatoms. The molecule has 1 saturated heterocycles. The van der Waals surface area contributed by atoms with Gasteiger partial charge < -0.3 is 55.7 Å². The number of nitrogens with one attached hydrogen (secondary N) is 1. The van der Waals surface area contributed by atoms with Gasteiger partial charge in [0.15, 0.2) is 0 Å². The van der Waals surface area contributed by atoms with E-state index in [0.717, 1.165) is 62.6 Å². The number of nitrogen functional groups attached to an aromatic ring is 3. The summed E-state index contributed by atoms with van der Waals surface area (Å²) in [6.45, 7) is 17.8. The summed E-state index contributed by atoms with van der Waals surface area (Å²) in [4.78, 5) is 32.6. The molecule has 1 amide bonds. The zero-order valence-electron chi connectivity index (χ0n) is 64.8. The van der Waals surface area contributed by atoms with E-state index in [0.29, 0.717) is 120 Å². The number of halogens is 15. The van der Waals surface area contributed by atoms with Gasteiger partial charge in [-0.3, -0.25) is 24.3 Å². The number of nitrogens with two attached hydrogens (primary N) is 3. The molecular formula is C77H70BBr3Cl8F4N13O15P. The van der Waals surface area contributed by atoms with E-state index in [2.05, 4.69) is 108 Å². The van der Waals surface area contributed by atoms with Crippen molar-refractivity contribution >= 4 is 246 Å². The van der Waals surface area contributed by atoms with Crippen LogP contribution in [0.4, 0.5) is 46.0 Å². The lowest BCUT2D eigenvalue weighted by Crippen LogP contribution is -2.41. The summed E-state index contributed by atoms with van der Waals surface area (Å²) in [7, 11) is -1.36. The third kappa shape index (κ3) is 30.0. The Balaban J connectivity index is 0.000000219. The molecule has 5 heterocycles. The molecule has 0 atom stereocenters. The highest BCUT2D eigenvalue weighted by molar-refractivity contribution is 9.11. The summed E-state index contributed by atoms with van der Waals surface area (Å²) in [5.74, 6) is -4.60. The summed E-state index contributed by atoms with van der Waals surface area (Å²) in [5, 5.41) is 58.7. The van der Waals surface area contributed by atoms with Crippen molar-refractivity contribution in [3.05, 3.63) is 258 Å². The molecule has 0 unspecified atom stereocenters. The van der Waals surface area contributed by atoms with Gasteiger partial charge in [-0.25, -0.2) is 31.4 Å². The number of anilines is 4. The van der Waals surface area contributed by atoms with Crippen LogP contribution in [-0.2, 0) is 22.9 Å². The number of aliphatic hydroxyl groups is 1. The van der Waals surface area contributed by atoms with Crippen molar-refractivity contribution in [3.63, 3.8) is 0 Å². The van der Waals surface area contributed by atoms with E-state index >= 15 is 0 Å². The van der Waals surface area contributed by atoms with Gasteiger partial charge in [0.05, 0.1) is 66.4 Å². The van der Waals surface area contributed by atoms with E-state index in [-0.39, 0.29) is 41.6 Å². The Hall–Kier alpha value is -8.73. The number of alkyl halides is 2. The molecule has 10 aromatic carbocycles. The van der Waals surface area contributed by atoms with E-state index in [4.69, 9.17) is 138 Å². The number of aliphatic hydroxyl groups excluding tert-OH is 1. The average Bonchev–Trinajstić information content (AvgIpc) is 1.62. The summed E-state index contributed by atoms with van der Waals surface area (Å²) in [5.41, 5.74) is 25.4. The number of carbonyl (C=O) groups is 2. The first-order valence-electron chi connectivity index (χ1n) is 35.0. The number of nitrogens with zero attached hydrogens (tertiary/aromatic N) is 9. The van der Waals surface area contributed by atoms with Crippen molar-refractivity contribution in [2.75, 3.05) is 54.3 Å². The summed E-state index contributed by atoms with van der Waals surface area (Å²) in [6, 6.07) is 44.2. The third-order valence-corrected chi connectivity index (χ3v) is 21.7. The average molecular weight is 2060 g/mol. The normalized spacial score (nSPS) is 11.9. The topological polar surface area (TPSA) is 403 Å². The van der Waals surface area contributed by atoms with Gasteiger partial charge in [0.2, 0.25) is 11.0 Å². The fourth-order valence-electron chi connectivity index (χ4n) is 9.46. The molecule has 4 aromatic heterocycles. The van der Waals surface area contributed by atoms with Gasteiger partial charge in [0, 0.05) is 71.6 Å². The Kier molecular flexibility index (Phi) is 41.6. The Labute approximate surface area is 760 Å². The van der Waals surface area contributed by atoms with E-state index < -0.39 is 59.1 Å². The third-order valence-electron chi connectivity index (χ3n) is 15.9. The molecule has 14 aromatic rings. The second-order valence-corrected chi connectivity index (χ2v) is 31.7. The molecule has 1 fully saturated rings. The lowest BCUT2D eigenvalue weighted by molar-refractivity contribution is -0.782. The van der Waals surface area contributed by atoms with Crippen molar-refractivity contribution in [2.24, 2.45) is 0 Å². The number of carbonyl (C=O) groups excluding carboxylic acids is 2. The van der Waals surface area contributed by atoms with E-state index in [1.165, 1.54) is 18.2 Å². The zero-order valence-corrected chi connectivity index (χ0v) is 76.5. The number of nitro groups is 1. The number of rotatable bonds is 13. The Bertz CT molecular complexity index is 5690. The summed E-state index contributed by atoms with van der Waals surface area (Å²) in [6.07, 6.45) is 0. The van der Waals surface area contributed by atoms with Crippen molar-refractivity contribution < 1.29 is 83.5 Å². The van der Waals surface area contributed by atoms with Crippen LogP contribution < -0.4 is 32.9 Å². The maximum absolute atomic E-state index is 13.7. The van der Waals surface area contributed by atoms with E-state index in [1.807, 2.05) is 103 Å². The first-order valence-corrected chi connectivity index (χ1v) is 41.8. The van der Waals surface area contributed by atoms with Gasteiger partial charge >= 0.3 is 15.7 Å². The fourth-order valence-corrected chi connectivity index (χ4v) is 12.5. The quantitative estimate of drug-likeness (QED) is 0.00823. The van der Waals surface area contributed by atoms with Crippen LogP contribution in [0.1, 0.15) is 76.1 Å². The van der Waals surface area contributed by atoms with Crippen molar-refractivity contribution in [3.8, 4) is 22.3 Å². The largest absolute Gasteiger partial charge is 0.494 e. The molecule has 0 radical (unpaired) electrons. The van der Waals surface area contributed by atoms with Crippen molar-refractivity contribution in [1.82, 2.24) is 36.1 Å². The smallest absolute Gasteiger partial charge is 0.399 e. The number of hydrogen-bond acceptors (Lipinski definition) is 25. The first kappa shape index (κ1) is 102. The van der Waals surface area contributed by atoms with Gasteiger partial charge in [-0.15, -0.1) is 23.2 Å². The molecule has 0 saturated carbocycles. The van der Waals surface area contributed by atoms with Gasteiger partial charge in [-0.05, 0) is 270 Å². The van der Waals surface area contributed by atoms with E-state index in [1.54, 1.807) is 73.7 Å². The highest BCUT2D eigenvalue weighted by atomic mass is 79.9. The van der Waals surface area contributed by atoms with Crippen LogP contribution in [0.3, 0.4) is 0 Å². The molecular weight excluding hydrogens is 1990 g/mol. The fraction of sp³-hybridized carbons (Fsp3) is 0.195. The molecule has 0 spiro atoms. The van der Waals surface area contributed by atoms with Gasteiger partial charge in [0.25, 0.3) is 16.8 Å². The Morgan fingerprint density at radius 1 is 0.541 bits per heavy atom. The molecule has 15 rings (SSSR count). The highest BCUT2D eigenvalue weighted by Gasteiger charge is 2.51. The number of benzene rings is 10. The van der Waals surface area contributed by atoms with Crippen LogP contribution >= 0.6 is 149 Å². The second kappa shape index (κ2) is 49.7. The predicted octanol–water partition coefficient (Wildman–Crippen LogP) is 23.0. The van der Waals surface area contributed by atoms with Gasteiger partial charge in [-0.1, -0.05) is 107 Å². The molecule has 28 nitrogen and oxygen atoms in total. The minimum atomic E-state index is -1.12. The van der Waals surface area contributed by atoms with Crippen LogP contribution in [-0.4, -0.2) is 107 Å². The van der Waals surface area contributed by atoms with Crippen LogP contribution in [0, 0.1) is 38.6 Å². The van der Waals surface area contributed by atoms with Crippen LogP contribution in [0.5, 0.6) is 0 Å². The van der Waals surface area contributed by atoms with E-state index in [9.17, 15) is 42.5 Å². The monoisotopic (exact) mass is 2050 g/mol. The minimum absolute atomic E-state index is 0.0631. The lowest BCUT2D eigenvalue weighted by Gasteiger charge is -2.32. The zero-order chi connectivity index (χ0) is 90.3. The molecule has 646 valence electrons. The lowest BCUT2D eigenvalue weighted by atomic mass is 9.79. The first-order chi connectivity index (χ1) is 57.9. The number of hydrogen-bond donors (Lipinski definition) is 5. The molecule has 1 aliphatic heterocycles. The molecule has 122 heavy (non-hydrogen) atoms. The molecule has 0 aliphatic carbocycles. The number of aromatic nitrogens is 8. The molecule has 0 bridgehead atoms. The number of amides is 1. The predicted molar refractivity (Wildman–Crippen MR) is 478 cm³/mol. The van der Waals surface area contributed by atoms with Crippen molar-refractivity contribution in [1.29, 1.82) is 0 Å². The number of fused-ring (bicyclic) bond motifs is 4. The van der Waals surface area contributed by atoms with Crippen LogP contribution in [0.2, 0.25) is 25.1 Å². The standard InChI is InChI=1S/C19H10ClF2N3O2.C12H18BNO2.C12H8ClN3O.C7H3ClF2O.C6H2BrClN2O2.C6H4BrClN2O2.C6H2BrClN2O.C6H15O3P.C2H6O.CH2Cl2/c20-13-9-17-16(24-27-25-17)8-12(13)10-4-6-11(7-5-10)23-19(26)18-14(21)2-1-3-15(18)22;1-11(2)12(3,4)16-13(15-11)9-5-7-10(14)8-6-9;13-10-6-12-11(15-17-16-12)5-9(10)7-1-3-8(14)4-2-7;8-7(11)6-4(9)2-1-3-5(6)10;7-3-1-6-5(2-4(3)8)9-12-10(6)11;7-3-1-6(10(11)12)5(9)2-4(3)8;7-3-1-5-6(2-4(3)8)10-11-9-5;1-4-7-10(8-5-2)9-6-3;1-2-3;2-1-3/h1-9H,(H,23,26);5-8H,14H2,1-4H3;1-6H,14H2;1-3H;1-2H;1-2H,9H2;1-2H;4-6H2,1-3H3;3H,2H2,1H3;1H2. The summed E-state index contributed by atoms with van der Waals surface area (Å²) < 4.78 is 99.9. The minimum Gasteiger partial charge on any atom is -0.399 e. The highest BCUT2D eigenvalue weighted by Crippen LogP contribution is 2.40. The van der Waals surface area contributed by atoms with Crippen LogP contribution in [0.25, 0.3) is 66.4 Å². The van der Waals surface area contributed by atoms with Gasteiger partial charge in [-0.2, -0.15) is 0 Å². The Morgan fingerprint density at radius 3 is 1.30 bits per heavy atom. The maximum Gasteiger partial charge on any atom is 0.494 e. The SMILES string of the molecule is CC1(C)OB(c2ccc(N)cc2)OC1(C)C.CCO.CCOP(OCC)OCC.ClCCl.Clc1cc2nonc2cc1Br.Nc1cc(Cl)c(Br)cc1[N+](=O)[O-].Nc1ccc(-c2cc3nonc3cc2Cl)cc1.O=C(Cl)c1c(F)cccc1F.O=C(Nc1ccc(-c2cc3nonc3cc2Cl)cc1)c1c(F)cccc1F.[O-][n+]1onc2cc(Cl)c(Br)cc21. The van der Waals surface area contributed by atoms with Crippen LogP contribution in [0.15, 0.2) is 202 Å². The maximum atomic E-state index is 13.7. The Morgan fingerprint density at radius 2 is 0.893 bits per heavy atom. The van der Waals surface area contributed by atoms with Gasteiger partial charge in [0.1, 0.15) is 73.2 Å². The number of nitro benzene ring substituents is 1. The summed E-state index contributed by atoms with van der Waals surface area (Å²) >= 11 is 53.6. The second-order valence-electron chi connectivity index (χ2n) is 24.7.